The van der Waals surface area contributed by atoms with Crippen LogP contribution in [0.4, 0.5) is 0 Å². The van der Waals surface area contributed by atoms with Crippen LogP contribution in [0.3, 0.4) is 0 Å². The minimum absolute atomic E-state index is 0.123. The molecule has 0 radical (unpaired) electrons. The Labute approximate surface area is 181 Å². The number of benzene rings is 2. The van der Waals surface area contributed by atoms with Crippen LogP contribution in [0, 0.1) is 0 Å². The van der Waals surface area contributed by atoms with Crippen molar-refractivity contribution >= 4 is 35.5 Å². The van der Waals surface area contributed by atoms with Gasteiger partial charge in [-0.3, -0.25) is 14.4 Å². The van der Waals surface area contributed by atoms with E-state index in [1.165, 1.54) is 36.2 Å². The van der Waals surface area contributed by atoms with E-state index in [1.807, 2.05) is 0 Å². The van der Waals surface area contributed by atoms with Gasteiger partial charge in [-0.25, -0.2) is 9.78 Å². The SMILES string of the molecule is NC(=O)c1ccc(CSc2ncccc2C(=O)ON2C(=O)c3ccccc3C2=O)cc1. The number of imide groups is 1. The molecular weight excluding hydrogens is 418 g/mol. The Morgan fingerprint density at radius 2 is 1.58 bits per heavy atom. The van der Waals surface area contributed by atoms with Crippen LogP contribution >= 0.6 is 11.8 Å². The highest BCUT2D eigenvalue weighted by Crippen LogP contribution is 2.27. The molecule has 0 aliphatic carbocycles. The van der Waals surface area contributed by atoms with Gasteiger partial charge in [0.25, 0.3) is 11.8 Å². The Balaban J connectivity index is 1.48. The quantitative estimate of drug-likeness (QED) is 0.469. The van der Waals surface area contributed by atoms with E-state index in [0.29, 0.717) is 21.4 Å². The number of carbonyl (C=O) groups excluding carboxylic acids is 4. The monoisotopic (exact) mass is 433 g/mol. The molecule has 8 nitrogen and oxygen atoms in total. The highest BCUT2D eigenvalue weighted by atomic mass is 32.2. The summed E-state index contributed by atoms with van der Waals surface area (Å²) in [7, 11) is 0. The maximum atomic E-state index is 12.7. The Morgan fingerprint density at radius 3 is 2.19 bits per heavy atom. The molecule has 3 amide bonds. The fraction of sp³-hybridized carbons (Fsp3) is 0.0455. The van der Waals surface area contributed by atoms with Crippen LogP contribution in [0.5, 0.6) is 0 Å². The van der Waals surface area contributed by atoms with Crippen molar-refractivity contribution in [1.82, 2.24) is 10.0 Å². The summed E-state index contributed by atoms with van der Waals surface area (Å²) in [6, 6.07) is 16.1. The van der Waals surface area contributed by atoms with E-state index in [9.17, 15) is 19.2 Å². The second-order valence-corrected chi connectivity index (χ2v) is 7.50. The predicted molar refractivity (Wildman–Crippen MR) is 111 cm³/mol. The zero-order valence-corrected chi connectivity index (χ0v) is 16.8. The molecule has 1 aliphatic heterocycles. The molecule has 1 aliphatic rings. The van der Waals surface area contributed by atoms with Crippen molar-refractivity contribution in [3.8, 4) is 0 Å². The molecule has 0 spiro atoms. The van der Waals surface area contributed by atoms with Gasteiger partial charge in [0, 0.05) is 17.5 Å². The first-order chi connectivity index (χ1) is 15.0. The van der Waals surface area contributed by atoms with E-state index in [-0.39, 0.29) is 16.7 Å². The van der Waals surface area contributed by atoms with E-state index in [4.69, 9.17) is 10.6 Å². The molecule has 0 atom stereocenters. The second kappa shape index (κ2) is 8.41. The zero-order chi connectivity index (χ0) is 22.0. The van der Waals surface area contributed by atoms with Crippen LogP contribution in [0.2, 0.25) is 0 Å². The molecule has 0 saturated carbocycles. The third-order valence-corrected chi connectivity index (χ3v) is 5.61. The lowest BCUT2D eigenvalue weighted by molar-refractivity contribution is -0.0587. The Kier molecular flexibility index (Phi) is 5.50. The van der Waals surface area contributed by atoms with Crippen molar-refractivity contribution in [2.24, 2.45) is 5.73 Å². The van der Waals surface area contributed by atoms with Crippen LogP contribution in [0.15, 0.2) is 71.9 Å². The van der Waals surface area contributed by atoms with Crippen molar-refractivity contribution in [2.45, 2.75) is 10.8 Å². The van der Waals surface area contributed by atoms with Gasteiger partial charge in [0.15, 0.2) is 0 Å². The first-order valence-electron chi connectivity index (χ1n) is 9.12. The van der Waals surface area contributed by atoms with Crippen molar-refractivity contribution in [3.63, 3.8) is 0 Å². The van der Waals surface area contributed by atoms with Gasteiger partial charge in [-0.2, -0.15) is 0 Å². The number of nitrogens with zero attached hydrogens (tertiary/aromatic N) is 2. The van der Waals surface area contributed by atoms with Crippen LogP contribution in [-0.4, -0.2) is 33.7 Å². The molecule has 9 heteroatoms. The van der Waals surface area contributed by atoms with Gasteiger partial charge in [-0.1, -0.05) is 29.3 Å². The fourth-order valence-electron chi connectivity index (χ4n) is 2.96. The maximum absolute atomic E-state index is 12.7. The number of primary amides is 1. The first kappa shape index (κ1) is 20.3. The van der Waals surface area contributed by atoms with E-state index in [1.54, 1.807) is 42.5 Å². The van der Waals surface area contributed by atoms with Crippen LogP contribution in [-0.2, 0) is 10.6 Å². The van der Waals surface area contributed by atoms with E-state index in [0.717, 1.165) is 5.56 Å². The minimum Gasteiger partial charge on any atom is -0.366 e. The van der Waals surface area contributed by atoms with Crippen LogP contribution in [0.1, 0.15) is 47.0 Å². The molecule has 2 aromatic carbocycles. The molecule has 0 fully saturated rings. The number of hydrogen-bond acceptors (Lipinski definition) is 7. The summed E-state index contributed by atoms with van der Waals surface area (Å²) in [4.78, 5) is 58.1. The molecule has 31 heavy (non-hydrogen) atoms. The number of hydroxylamine groups is 2. The highest BCUT2D eigenvalue weighted by molar-refractivity contribution is 7.98. The van der Waals surface area contributed by atoms with Gasteiger partial charge in [0.2, 0.25) is 5.91 Å². The van der Waals surface area contributed by atoms with Crippen molar-refractivity contribution < 1.29 is 24.0 Å². The number of fused-ring (bicyclic) bond motifs is 1. The van der Waals surface area contributed by atoms with E-state index in [2.05, 4.69) is 4.98 Å². The molecule has 2 heterocycles. The number of nitrogens with two attached hydrogens (primary N) is 1. The average molecular weight is 433 g/mol. The number of thioether (sulfide) groups is 1. The second-order valence-electron chi connectivity index (χ2n) is 6.53. The third kappa shape index (κ3) is 4.03. The van der Waals surface area contributed by atoms with Crippen molar-refractivity contribution in [1.29, 1.82) is 0 Å². The molecule has 0 saturated heterocycles. The smallest absolute Gasteiger partial charge is 0.366 e. The van der Waals surface area contributed by atoms with Gasteiger partial charge in [-0.05, 0) is 42.0 Å². The summed E-state index contributed by atoms with van der Waals surface area (Å²) in [5.74, 6) is -2.30. The molecular formula is C22H15N3O5S. The van der Waals surface area contributed by atoms with Gasteiger partial charge in [-0.15, -0.1) is 11.8 Å². The normalized spacial score (nSPS) is 12.6. The van der Waals surface area contributed by atoms with Gasteiger partial charge in [0.05, 0.1) is 16.7 Å². The minimum atomic E-state index is -0.866. The lowest BCUT2D eigenvalue weighted by Gasteiger charge is -2.14. The van der Waals surface area contributed by atoms with Crippen molar-refractivity contribution in [3.05, 3.63) is 94.7 Å². The fourth-order valence-corrected chi connectivity index (χ4v) is 3.90. The molecule has 0 unspecified atom stereocenters. The Hall–Kier alpha value is -3.98. The highest BCUT2D eigenvalue weighted by Gasteiger charge is 2.39. The Morgan fingerprint density at radius 1 is 0.935 bits per heavy atom. The molecule has 3 aromatic rings. The number of carbonyl (C=O) groups is 4. The standard InChI is InChI=1S/C22H15N3O5S/c23-18(26)14-9-7-13(8-10-14)12-31-19-17(6-3-11-24-19)22(29)30-25-20(27)15-4-1-2-5-16(15)21(25)28/h1-11H,12H2,(H2,23,26). The van der Waals surface area contributed by atoms with Crippen LogP contribution in [0.25, 0.3) is 0 Å². The topological polar surface area (TPSA) is 120 Å². The average Bonchev–Trinajstić information content (AvgIpc) is 3.03. The van der Waals surface area contributed by atoms with Gasteiger partial charge < -0.3 is 10.6 Å². The zero-order valence-electron chi connectivity index (χ0n) is 16.0. The first-order valence-corrected chi connectivity index (χ1v) is 10.1. The molecule has 154 valence electrons. The summed E-state index contributed by atoms with van der Waals surface area (Å²) in [6.45, 7) is 0. The molecule has 2 N–H and O–H groups in total. The number of rotatable bonds is 6. The van der Waals surface area contributed by atoms with Crippen LogP contribution < -0.4 is 5.73 Å². The lowest BCUT2D eigenvalue weighted by atomic mass is 10.1. The van der Waals surface area contributed by atoms with Crippen molar-refractivity contribution in [2.75, 3.05) is 0 Å². The largest absolute Gasteiger partial charge is 0.366 e. The summed E-state index contributed by atoms with van der Waals surface area (Å²) in [5.41, 5.74) is 7.01. The predicted octanol–water partition coefficient (Wildman–Crippen LogP) is 2.84. The van der Waals surface area contributed by atoms with E-state index >= 15 is 0 Å². The van der Waals surface area contributed by atoms with E-state index < -0.39 is 23.7 Å². The summed E-state index contributed by atoms with van der Waals surface area (Å²) >= 11 is 1.27. The summed E-state index contributed by atoms with van der Waals surface area (Å²) in [5, 5.41) is 0.847. The van der Waals surface area contributed by atoms with Gasteiger partial charge in [0.1, 0.15) is 5.03 Å². The van der Waals surface area contributed by atoms with Gasteiger partial charge >= 0.3 is 5.97 Å². The third-order valence-electron chi connectivity index (χ3n) is 4.54. The Bertz CT molecular complexity index is 1170. The molecule has 0 bridgehead atoms. The summed E-state index contributed by atoms with van der Waals surface area (Å²) in [6.07, 6.45) is 1.53. The number of hydrogen-bond donors (Lipinski definition) is 1. The molecule has 1 aromatic heterocycles. The molecule has 4 rings (SSSR count). The number of pyridine rings is 1. The maximum Gasteiger partial charge on any atom is 0.366 e. The summed E-state index contributed by atoms with van der Waals surface area (Å²) < 4.78 is 0. The number of aromatic nitrogens is 1. The lowest BCUT2D eigenvalue weighted by Crippen LogP contribution is -2.32. The number of amides is 3.